The molecule has 8 heteroatoms. The van der Waals surface area contributed by atoms with Gasteiger partial charge in [0.1, 0.15) is 0 Å². The molecule has 1 aromatic rings. The van der Waals surface area contributed by atoms with Crippen LogP contribution in [0.5, 0.6) is 0 Å². The van der Waals surface area contributed by atoms with Gasteiger partial charge in [-0.05, 0) is 42.7 Å². The van der Waals surface area contributed by atoms with E-state index in [4.69, 9.17) is 11.6 Å². The normalized spacial score (nSPS) is 27.5. The van der Waals surface area contributed by atoms with Crippen LogP contribution < -0.4 is 5.32 Å². The molecule has 156 valence electrons. The molecule has 1 amide bonds. The summed E-state index contributed by atoms with van der Waals surface area (Å²) in [4.78, 5) is 12.6. The molecule has 0 saturated carbocycles. The van der Waals surface area contributed by atoms with Crippen molar-refractivity contribution in [3.05, 3.63) is 34.9 Å². The van der Waals surface area contributed by atoms with Gasteiger partial charge in [-0.2, -0.15) is 17.0 Å². The van der Waals surface area contributed by atoms with Crippen LogP contribution in [0.1, 0.15) is 38.7 Å². The summed E-state index contributed by atoms with van der Waals surface area (Å²) in [6.45, 7) is 6.40. The number of amides is 1. The first-order valence-corrected chi connectivity index (χ1v) is 11.8. The van der Waals surface area contributed by atoms with E-state index >= 15 is 0 Å². The number of hydrogen-bond acceptors (Lipinski definition) is 3. The van der Waals surface area contributed by atoms with Crippen LogP contribution in [-0.4, -0.2) is 49.1 Å². The fraction of sp³-hybridized carbons (Fsp3) is 0.650. The second kappa shape index (κ2) is 9.11. The number of carbonyl (C=O) groups excluding carboxylic acids is 1. The number of nitrogens with zero attached hydrogens (tertiary/aromatic N) is 2. The summed E-state index contributed by atoms with van der Waals surface area (Å²) < 4.78 is 29.4. The maximum absolute atomic E-state index is 13.1. The van der Waals surface area contributed by atoms with E-state index < -0.39 is 10.2 Å². The van der Waals surface area contributed by atoms with Crippen molar-refractivity contribution < 1.29 is 13.2 Å². The van der Waals surface area contributed by atoms with E-state index in [0.717, 1.165) is 12.0 Å². The van der Waals surface area contributed by atoms with Crippen molar-refractivity contribution in [2.24, 2.45) is 17.8 Å². The Labute approximate surface area is 173 Å². The van der Waals surface area contributed by atoms with Crippen LogP contribution in [0, 0.1) is 17.8 Å². The van der Waals surface area contributed by atoms with E-state index in [2.05, 4.69) is 19.2 Å². The molecule has 0 unspecified atom stereocenters. The lowest BCUT2D eigenvalue weighted by molar-refractivity contribution is -0.126. The largest absolute Gasteiger partial charge is 0.352 e. The summed E-state index contributed by atoms with van der Waals surface area (Å²) in [6.07, 6.45) is 2.45. The average Bonchev–Trinajstić information content (AvgIpc) is 2.66. The first-order chi connectivity index (χ1) is 13.3. The lowest BCUT2D eigenvalue weighted by Gasteiger charge is -2.39. The third-order valence-electron chi connectivity index (χ3n) is 5.65. The van der Waals surface area contributed by atoms with Crippen molar-refractivity contribution in [1.29, 1.82) is 0 Å². The first-order valence-electron chi connectivity index (χ1n) is 10.0. The number of hydrogen-bond donors (Lipinski definition) is 1. The standard InChI is InChI=1S/C20H30ClN3O3S/c1-15-10-16(2)13-24(12-15)28(26,27)23-9-5-7-18(14-23)20(25)22-11-17-6-3-4-8-19(17)21/h3-4,6,8,15-16,18H,5,7,9-14H2,1-2H3,(H,22,25)/t15-,16+,18-/m0/s1. The number of halogens is 1. The van der Waals surface area contributed by atoms with E-state index in [9.17, 15) is 13.2 Å². The van der Waals surface area contributed by atoms with Gasteiger partial charge in [0.05, 0.1) is 5.92 Å². The molecule has 0 bridgehead atoms. The lowest BCUT2D eigenvalue weighted by atomic mass is 9.94. The second-order valence-electron chi connectivity index (χ2n) is 8.28. The van der Waals surface area contributed by atoms with Gasteiger partial charge in [-0.15, -0.1) is 0 Å². The Kier molecular flexibility index (Phi) is 7.02. The predicted octanol–water partition coefficient (Wildman–Crippen LogP) is 2.89. The fourth-order valence-electron chi connectivity index (χ4n) is 4.29. The van der Waals surface area contributed by atoms with Gasteiger partial charge < -0.3 is 5.32 Å². The van der Waals surface area contributed by atoms with Crippen LogP contribution in [0.2, 0.25) is 5.02 Å². The van der Waals surface area contributed by atoms with Crippen molar-refractivity contribution in [3.8, 4) is 0 Å². The van der Waals surface area contributed by atoms with E-state index in [1.807, 2.05) is 18.2 Å². The molecule has 1 aromatic carbocycles. The number of carbonyl (C=O) groups is 1. The number of piperidine rings is 2. The van der Waals surface area contributed by atoms with E-state index in [1.54, 1.807) is 10.4 Å². The molecule has 0 aliphatic carbocycles. The topological polar surface area (TPSA) is 69.7 Å². The van der Waals surface area contributed by atoms with Crippen LogP contribution in [0.25, 0.3) is 0 Å². The Bertz CT molecular complexity index is 792. The molecule has 1 N–H and O–H groups in total. The molecule has 6 nitrogen and oxygen atoms in total. The van der Waals surface area contributed by atoms with Gasteiger partial charge in [-0.1, -0.05) is 43.6 Å². The zero-order valence-corrected chi connectivity index (χ0v) is 18.2. The Morgan fingerprint density at radius 2 is 1.82 bits per heavy atom. The van der Waals surface area contributed by atoms with Gasteiger partial charge in [0.15, 0.2) is 0 Å². The zero-order chi connectivity index (χ0) is 20.3. The van der Waals surface area contributed by atoms with E-state index in [1.165, 1.54) is 4.31 Å². The molecule has 3 atom stereocenters. The zero-order valence-electron chi connectivity index (χ0n) is 16.6. The van der Waals surface area contributed by atoms with Crippen LogP contribution >= 0.6 is 11.6 Å². The molecule has 3 rings (SSSR count). The predicted molar refractivity (Wildman–Crippen MR) is 111 cm³/mol. The Morgan fingerprint density at radius 3 is 2.50 bits per heavy atom. The minimum Gasteiger partial charge on any atom is -0.352 e. The monoisotopic (exact) mass is 427 g/mol. The molecule has 0 spiro atoms. The minimum atomic E-state index is -3.53. The van der Waals surface area contributed by atoms with Crippen LogP contribution in [0.15, 0.2) is 24.3 Å². The van der Waals surface area contributed by atoms with Crippen molar-refractivity contribution in [2.45, 2.75) is 39.7 Å². The first kappa shape index (κ1) is 21.6. The van der Waals surface area contributed by atoms with Gasteiger partial charge in [-0.3, -0.25) is 4.79 Å². The number of rotatable bonds is 5. The smallest absolute Gasteiger partial charge is 0.282 e. The van der Waals surface area contributed by atoms with Crippen molar-refractivity contribution in [1.82, 2.24) is 13.9 Å². The van der Waals surface area contributed by atoms with Crippen LogP contribution in [0.4, 0.5) is 0 Å². The Balaban J connectivity index is 1.61. The molecular weight excluding hydrogens is 398 g/mol. The molecule has 2 fully saturated rings. The summed E-state index contributed by atoms with van der Waals surface area (Å²) in [5.74, 6) is 0.280. The third-order valence-corrected chi connectivity index (χ3v) is 7.96. The van der Waals surface area contributed by atoms with Gasteiger partial charge in [0.2, 0.25) is 5.91 Å². The summed E-state index contributed by atoms with van der Waals surface area (Å²) in [7, 11) is -3.53. The number of nitrogens with one attached hydrogen (secondary N) is 1. The quantitative estimate of drug-likeness (QED) is 0.785. The average molecular weight is 428 g/mol. The van der Waals surface area contributed by atoms with Crippen LogP contribution in [0.3, 0.4) is 0 Å². The SMILES string of the molecule is C[C@@H]1C[C@H](C)CN(S(=O)(=O)N2CCC[C@H](C(=O)NCc3ccccc3Cl)C2)C1. The van der Waals surface area contributed by atoms with Gasteiger partial charge in [0, 0.05) is 37.7 Å². The maximum atomic E-state index is 13.1. The highest BCUT2D eigenvalue weighted by Crippen LogP contribution is 2.27. The van der Waals surface area contributed by atoms with E-state index in [-0.39, 0.29) is 18.4 Å². The van der Waals surface area contributed by atoms with Crippen molar-refractivity contribution >= 4 is 27.7 Å². The minimum absolute atomic E-state index is 0.111. The van der Waals surface area contributed by atoms with Crippen molar-refractivity contribution in [2.75, 3.05) is 26.2 Å². The van der Waals surface area contributed by atoms with Gasteiger partial charge in [0.25, 0.3) is 10.2 Å². The van der Waals surface area contributed by atoms with E-state index in [0.29, 0.717) is 55.9 Å². The fourth-order valence-corrected chi connectivity index (χ4v) is 6.43. The highest BCUT2D eigenvalue weighted by Gasteiger charge is 2.38. The summed E-state index contributed by atoms with van der Waals surface area (Å²) in [6, 6.07) is 7.39. The Hall–Kier alpha value is -1.15. The maximum Gasteiger partial charge on any atom is 0.282 e. The summed E-state index contributed by atoms with van der Waals surface area (Å²) in [5.41, 5.74) is 0.856. The van der Waals surface area contributed by atoms with Gasteiger partial charge >= 0.3 is 0 Å². The molecular formula is C20H30ClN3O3S. The molecule has 2 aliphatic heterocycles. The molecule has 28 heavy (non-hydrogen) atoms. The molecule has 2 aliphatic rings. The summed E-state index contributed by atoms with van der Waals surface area (Å²) in [5, 5.41) is 3.53. The lowest BCUT2D eigenvalue weighted by Crippen LogP contribution is -2.53. The van der Waals surface area contributed by atoms with Crippen molar-refractivity contribution in [3.63, 3.8) is 0 Å². The molecule has 2 saturated heterocycles. The molecule has 2 heterocycles. The molecule has 0 radical (unpaired) electrons. The second-order valence-corrected chi connectivity index (χ2v) is 10.6. The Morgan fingerprint density at radius 1 is 1.14 bits per heavy atom. The third kappa shape index (κ3) is 5.06. The van der Waals surface area contributed by atoms with Crippen LogP contribution in [-0.2, 0) is 21.5 Å². The molecule has 0 aromatic heterocycles. The van der Waals surface area contributed by atoms with Gasteiger partial charge in [-0.25, -0.2) is 0 Å². The highest BCUT2D eigenvalue weighted by atomic mass is 35.5. The summed E-state index contributed by atoms with van der Waals surface area (Å²) >= 11 is 6.14. The highest BCUT2D eigenvalue weighted by molar-refractivity contribution is 7.86. The number of benzene rings is 1.